The highest BCUT2D eigenvalue weighted by atomic mass is 32.1. The molecule has 0 unspecified atom stereocenters. The third-order valence-corrected chi connectivity index (χ3v) is 3.03. The Balaban J connectivity index is 2.43. The van der Waals surface area contributed by atoms with Crippen LogP contribution in [0.1, 0.15) is 15.2 Å². The van der Waals surface area contributed by atoms with E-state index in [1.165, 1.54) is 36.6 Å². The van der Waals surface area contributed by atoms with Gasteiger partial charge in [-0.2, -0.15) is 0 Å². The van der Waals surface area contributed by atoms with Crippen LogP contribution in [0.15, 0.2) is 35.7 Å². The van der Waals surface area contributed by atoms with E-state index in [-0.39, 0.29) is 11.3 Å². The fourth-order valence-electron chi connectivity index (χ4n) is 1.35. The Kier molecular flexibility index (Phi) is 3.01. The number of carbonyl (C=O) groups is 1. The van der Waals surface area contributed by atoms with Crippen LogP contribution in [0.5, 0.6) is 5.75 Å². The largest absolute Gasteiger partial charge is 0.497 e. The number of hydrogen-bond acceptors (Lipinski definition) is 3. The molecule has 2 rings (SSSR count). The molecule has 82 valence electrons. The standard InChI is InChI=1S/C12H9FO2S/c1-15-8-4-5-10(13)9(7-8)12(14)11-3-2-6-16-11/h2-7H,1H3. The first-order valence-corrected chi connectivity index (χ1v) is 5.52. The van der Waals surface area contributed by atoms with Gasteiger partial charge in [0.05, 0.1) is 17.6 Å². The minimum absolute atomic E-state index is 0.0433. The van der Waals surface area contributed by atoms with Crippen LogP contribution in [0.4, 0.5) is 4.39 Å². The molecular formula is C12H9FO2S. The fourth-order valence-corrected chi connectivity index (χ4v) is 2.02. The lowest BCUT2D eigenvalue weighted by atomic mass is 10.1. The van der Waals surface area contributed by atoms with Gasteiger partial charge >= 0.3 is 0 Å². The van der Waals surface area contributed by atoms with Crippen molar-refractivity contribution < 1.29 is 13.9 Å². The summed E-state index contributed by atoms with van der Waals surface area (Å²) >= 11 is 1.29. The lowest BCUT2D eigenvalue weighted by molar-refractivity contribution is 0.103. The minimum Gasteiger partial charge on any atom is -0.497 e. The van der Waals surface area contributed by atoms with Crippen LogP contribution in [-0.2, 0) is 0 Å². The zero-order chi connectivity index (χ0) is 11.5. The van der Waals surface area contributed by atoms with Crippen molar-refractivity contribution >= 4 is 17.1 Å². The van der Waals surface area contributed by atoms with Gasteiger partial charge in [-0.05, 0) is 29.6 Å². The highest BCUT2D eigenvalue weighted by Gasteiger charge is 2.15. The molecular weight excluding hydrogens is 227 g/mol. The Labute approximate surface area is 96.3 Å². The molecule has 0 atom stereocenters. The second kappa shape index (κ2) is 4.45. The number of carbonyl (C=O) groups excluding carboxylic acids is 1. The summed E-state index contributed by atoms with van der Waals surface area (Å²) in [5, 5.41) is 1.78. The van der Waals surface area contributed by atoms with Crippen molar-refractivity contribution in [3.05, 3.63) is 52.0 Å². The number of benzene rings is 1. The molecule has 0 saturated heterocycles. The summed E-state index contributed by atoms with van der Waals surface area (Å²) in [6, 6.07) is 7.57. The van der Waals surface area contributed by atoms with E-state index in [1.807, 2.05) is 0 Å². The molecule has 4 heteroatoms. The number of ether oxygens (including phenoxy) is 1. The van der Waals surface area contributed by atoms with Gasteiger partial charge in [0, 0.05) is 0 Å². The average Bonchev–Trinajstić information content (AvgIpc) is 2.82. The molecule has 0 radical (unpaired) electrons. The Morgan fingerprint density at radius 1 is 1.38 bits per heavy atom. The predicted molar refractivity (Wildman–Crippen MR) is 60.7 cm³/mol. The first kappa shape index (κ1) is 10.8. The van der Waals surface area contributed by atoms with Crippen molar-refractivity contribution in [1.82, 2.24) is 0 Å². The monoisotopic (exact) mass is 236 g/mol. The third-order valence-electron chi connectivity index (χ3n) is 2.16. The van der Waals surface area contributed by atoms with Crippen LogP contribution in [0, 0.1) is 5.82 Å². The van der Waals surface area contributed by atoms with Crippen LogP contribution >= 0.6 is 11.3 Å². The predicted octanol–water partition coefficient (Wildman–Crippen LogP) is 3.13. The van der Waals surface area contributed by atoms with Gasteiger partial charge in [0.1, 0.15) is 11.6 Å². The van der Waals surface area contributed by atoms with Crippen molar-refractivity contribution in [2.75, 3.05) is 7.11 Å². The van der Waals surface area contributed by atoms with Crippen LogP contribution in [0.2, 0.25) is 0 Å². The molecule has 0 fully saturated rings. The lowest BCUT2D eigenvalue weighted by Gasteiger charge is -2.04. The first-order chi connectivity index (χ1) is 7.72. The molecule has 16 heavy (non-hydrogen) atoms. The maximum atomic E-state index is 13.5. The van der Waals surface area contributed by atoms with Gasteiger partial charge in [-0.25, -0.2) is 4.39 Å². The molecule has 0 N–H and O–H groups in total. The number of ketones is 1. The Morgan fingerprint density at radius 3 is 2.81 bits per heavy atom. The molecule has 0 spiro atoms. The van der Waals surface area contributed by atoms with Crippen molar-refractivity contribution in [2.24, 2.45) is 0 Å². The molecule has 0 aliphatic heterocycles. The van der Waals surface area contributed by atoms with E-state index < -0.39 is 5.82 Å². The number of halogens is 1. The van der Waals surface area contributed by atoms with Gasteiger partial charge in [0.25, 0.3) is 0 Å². The minimum atomic E-state index is -0.529. The smallest absolute Gasteiger partial charge is 0.206 e. The van der Waals surface area contributed by atoms with Crippen LogP contribution in [0.3, 0.4) is 0 Å². The van der Waals surface area contributed by atoms with Crippen molar-refractivity contribution in [3.8, 4) is 5.75 Å². The molecule has 0 aliphatic rings. The second-order valence-electron chi connectivity index (χ2n) is 3.15. The number of rotatable bonds is 3. The maximum Gasteiger partial charge on any atom is 0.206 e. The highest BCUT2D eigenvalue weighted by molar-refractivity contribution is 7.12. The zero-order valence-electron chi connectivity index (χ0n) is 8.57. The van der Waals surface area contributed by atoms with E-state index in [2.05, 4.69) is 0 Å². The van der Waals surface area contributed by atoms with Gasteiger partial charge in [-0.3, -0.25) is 4.79 Å². The first-order valence-electron chi connectivity index (χ1n) is 4.64. The van der Waals surface area contributed by atoms with E-state index >= 15 is 0 Å². The Morgan fingerprint density at radius 2 is 2.19 bits per heavy atom. The third kappa shape index (κ3) is 1.97. The maximum absolute atomic E-state index is 13.5. The lowest BCUT2D eigenvalue weighted by Crippen LogP contribution is -2.02. The molecule has 1 aromatic heterocycles. The molecule has 0 saturated carbocycles. The van der Waals surface area contributed by atoms with E-state index in [9.17, 15) is 9.18 Å². The van der Waals surface area contributed by atoms with Crippen LogP contribution in [0.25, 0.3) is 0 Å². The number of methoxy groups -OCH3 is 1. The molecule has 1 heterocycles. The summed E-state index contributed by atoms with van der Waals surface area (Å²) in [7, 11) is 1.48. The topological polar surface area (TPSA) is 26.3 Å². The van der Waals surface area contributed by atoms with Crippen molar-refractivity contribution in [1.29, 1.82) is 0 Å². The van der Waals surface area contributed by atoms with Crippen molar-refractivity contribution in [3.63, 3.8) is 0 Å². The summed E-state index contributed by atoms with van der Waals surface area (Å²) in [5.74, 6) is -0.369. The summed E-state index contributed by atoms with van der Waals surface area (Å²) in [5.41, 5.74) is 0.0433. The summed E-state index contributed by atoms with van der Waals surface area (Å²) in [6.07, 6.45) is 0. The van der Waals surface area contributed by atoms with Gasteiger partial charge < -0.3 is 4.74 Å². The van der Waals surface area contributed by atoms with Crippen LogP contribution < -0.4 is 4.74 Å². The van der Waals surface area contributed by atoms with Crippen molar-refractivity contribution in [2.45, 2.75) is 0 Å². The number of thiophene rings is 1. The highest BCUT2D eigenvalue weighted by Crippen LogP contribution is 2.21. The van der Waals surface area contributed by atoms with Gasteiger partial charge in [-0.15, -0.1) is 11.3 Å². The van der Waals surface area contributed by atoms with E-state index in [0.717, 1.165) is 0 Å². The van der Waals surface area contributed by atoms with Gasteiger partial charge in [-0.1, -0.05) is 6.07 Å². The fraction of sp³-hybridized carbons (Fsp3) is 0.0833. The molecule has 0 bridgehead atoms. The summed E-state index contributed by atoms with van der Waals surface area (Å²) < 4.78 is 18.4. The number of hydrogen-bond donors (Lipinski definition) is 0. The molecule has 2 aromatic rings. The second-order valence-corrected chi connectivity index (χ2v) is 4.10. The van der Waals surface area contributed by atoms with E-state index in [1.54, 1.807) is 17.5 Å². The molecule has 0 amide bonds. The Bertz CT molecular complexity index is 506. The molecule has 1 aromatic carbocycles. The zero-order valence-corrected chi connectivity index (χ0v) is 9.38. The van der Waals surface area contributed by atoms with E-state index in [0.29, 0.717) is 10.6 Å². The van der Waals surface area contributed by atoms with E-state index in [4.69, 9.17) is 4.74 Å². The molecule has 2 nitrogen and oxygen atoms in total. The summed E-state index contributed by atoms with van der Waals surface area (Å²) in [4.78, 5) is 12.4. The van der Waals surface area contributed by atoms with Gasteiger partial charge in [0.15, 0.2) is 0 Å². The quantitative estimate of drug-likeness (QED) is 0.765. The van der Waals surface area contributed by atoms with Gasteiger partial charge in [0.2, 0.25) is 5.78 Å². The molecule has 0 aliphatic carbocycles. The average molecular weight is 236 g/mol. The SMILES string of the molecule is COc1ccc(F)c(C(=O)c2cccs2)c1. The normalized spacial score (nSPS) is 10.1. The van der Waals surface area contributed by atoms with Crippen LogP contribution in [-0.4, -0.2) is 12.9 Å². The Hall–Kier alpha value is -1.68. The summed E-state index contributed by atoms with van der Waals surface area (Å²) in [6.45, 7) is 0.